The van der Waals surface area contributed by atoms with Crippen LogP contribution in [0.4, 0.5) is 0 Å². The van der Waals surface area contributed by atoms with Crippen molar-refractivity contribution in [1.82, 2.24) is 9.80 Å². The summed E-state index contributed by atoms with van der Waals surface area (Å²) in [7, 11) is 7.00. The number of hydrogen-bond donors (Lipinski definition) is 1. The van der Waals surface area contributed by atoms with Gasteiger partial charge in [-0.25, -0.2) is 0 Å². The molecule has 0 bridgehead atoms. The molecule has 0 saturated heterocycles. The van der Waals surface area contributed by atoms with Crippen molar-refractivity contribution in [2.24, 2.45) is 5.92 Å². The molecule has 34 heavy (non-hydrogen) atoms. The number of carbonyl (C=O) groups is 2. The van der Waals surface area contributed by atoms with E-state index in [0.29, 0.717) is 18.3 Å². The lowest BCUT2D eigenvalue weighted by atomic mass is 9.99. The number of aldehydes is 1. The van der Waals surface area contributed by atoms with E-state index >= 15 is 0 Å². The second-order valence-electron chi connectivity index (χ2n) is 8.45. The van der Waals surface area contributed by atoms with Crippen LogP contribution in [0.2, 0.25) is 0 Å². The number of carbonyl (C=O) groups excluding carboxylic acids is 2. The highest BCUT2D eigenvalue weighted by atomic mass is 16.2. The number of aliphatic hydroxyl groups excluding tert-OH is 1. The fourth-order valence-electron chi connectivity index (χ4n) is 3.72. The minimum Gasteiger partial charge on any atom is -0.400 e. The highest BCUT2D eigenvalue weighted by Crippen LogP contribution is 2.49. The van der Waals surface area contributed by atoms with Gasteiger partial charge in [0.15, 0.2) is 0 Å². The first-order valence-corrected chi connectivity index (χ1v) is 11.7. The average Bonchev–Trinajstić information content (AvgIpc) is 3.62. The zero-order valence-corrected chi connectivity index (χ0v) is 21.7. The maximum atomic E-state index is 12.6. The van der Waals surface area contributed by atoms with Gasteiger partial charge in [0.2, 0.25) is 0 Å². The topological polar surface area (TPSA) is 60.9 Å². The molecule has 0 aliphatic heterocycles. The molecule has 1 saturated carbocycles. The van der Waals surface area contributed by atoms with Crippen molar-refractivity contribution < 1.29 is 14.7 Å². The summed E-state index contributed by atoms with van der Waals surface area (Å²) in [5, 5.41) is 7.00. The summed E-state index contributed by atoms with van der Waals surface area (Å²) in [4.78, 5) is 27.1. The smallest absolute Gasteiger partial charge is 0.253 e. The highest BCUT2D eigenvalue weighted by molar-refractivity contribution is 5.94. The van der Waals surface area contributed by atoms with Gasteiger partial charge >= 0.3 is 0 Å². The summed E-state index contributed by atoms with van der Waals surface area (Å²) in [5.74, 6) is 1.16. The van der Waals surface area contributed by atoms with Crippen molar-refractivity contribution in [3.63, 3.8) is 0 Å². The van der Waals surface area contributed by atoms with E-state index in [-0.39, 0.29) is 5.91 Å². The fourth-order valence-corrected chi connectivity index (χ4v) is 3.72. The first-order valence-electron chi connectivity index (χ1n) is 11.7. The van der Waals surface area contributed by atoms with Crippen molar-refractivity contribution in [3.05, 3.63) is 70.8 Å². The Hall–Kier alpha value is -2.94. The van der Waals surface area contributed by atoms with Gasteiger partial charge in [0.1, 0.15) is 6.29 Å². The van der Waals surface area contributed by atoms with Crippen molar-refractivity contribution in [1.29, 1.82) is 0 Å². The predicted molar refractivity (Wildman–Crippen MR) is 142 cm³/mol. The van der Waals surface area contributed by atoms with E-state index in [1.165, 1.54) is 11.1 Å². The van der Waals surface area contributed by atoms with Gasteiger partial charge < -0.3 is 19.7 Å². The lowest BCUT2D eigenvalue weighted by molar-refractivity contribution is -0.108. The Labute approximate surface area is 206 Å². The van der Waals surface area contributed by atoms with E-state index in [1.807, 2.05) is 63.0 Å². The van der Waals surface area contributed by atoms with Gasteiger partial charge in [0, 0.05) is 32.2 Å². The highest BCUT2D eigenvalue weighted by Gasteiger charge is 2.37. The largest absolute Gasteiger partial charge is 0.400 e. The van der Waals surface area contributed by atoms with Crippen LogP contribution >= 0.6 is 0 Å². The Morgan fingerprint density at radius 2 is 1.53 bits per heavy atom. The van der Waals surface area contributed by atoms with Crippen LogP contribution in [0, 0.1) is 18.8 Å². The molecule has 1 fully saturated rings. The Balaban J connectivity index is 0.00000121. The number of nitrogens with zero attached hydrogens (tertiary/aromatic N) is 2. The molecule has 2 aromatic rings. The van der Waals surface area contributed by atoms with Crippen molar-refractivity contribution in [3.8, 4) is 12.8 Å². The van der Waals surface area contributed by atoms with Gasteiger partial charge in [-0.1, -0.05) is 36.4 Å². The molecule has 1 aliphatic rings. The Kier molecular flexibility index (Phi) is 16.0. The quantitative estimate of drug-likeness (QED) is 0.460. The molecule has 0 radical (unpaired) electrons. The fraction of sp³-hybridized carbons (Fsp3) is 0.448. The number of hydrogen-bond acceptors (Lipinski definition) is 4. The Morgan fingerprint density at radius 3 is 2.06 bits per heavy atom. The Morgan fingerprint density at radius 1 is 1.00 bits per heavy atom. The molecule has 3 rings (SSSR count). The van der Waals surface area contributed by atoms with Crippen molar-refractivity contribution in [2.75, 3.05) is 41.3 Å². The minimum atomic E-state index is 0.0975. The van der Waals surface area contributed by atoms with Gasteiger partial charge in [-0.15, -0.1) is 12.8 Å². The molecule has 0 spiro atoms. The summed E-state index contributed by atoms with van der Waals surface area (Å²) < 4.78 is 0. The summed E-state index contributed by atoms with van der Waals surface area (Å²) in [6, 6.07) is 16.6. The predicted octanol–water partition coefficient (Wildman–Crippen LogP) is 4.49. The van der Waals surface area contributed by atoms with Crippen LogP contribution in [0.5, 0.6) is 0 Å². The SMILES string of the molecule is C#C.CCN(CC)C(=O)c1cccc(Cc2cccc(C3CC3CC=O)c2)c1.CN(C)C.CO. The molecule has 5 nitrogen and oxygen atoms in total. The maximum absolute atomic E-state index is 12.6. The summed E-state index contributed by atoms with van der Waals surface area (Å²) in [6.07, 6.45) is 11.6. The van der Waals surface area contributed by atoms with Crippen LogP contribution < -0.4 is 0 Å². The van der Waals surface area contributed by atoms with E-state index in [0.717, 1.165) is 50.5 Å². The lowest BCUT2D eigenvalue weighted by Gasteiger charge is -2.19. The van der Waals surface area contributed by atoms with Crippen LogP contribution in [0.1, 0.15) is 59.7 Å². The first-order chi connectivity index (χ1) is 16.4. The van der Waals surface area contributed by atoms with E-state index in [2.05, 4.69) is 43.2 Å². The molecule has 0 aromatic heterocycles. The number of benzene rings is 2. The number of rotatable bonds is 8. The molecule has 5 heteroatoms. The lowest BCUT2D eigenvalue weighted by Crippen LogP contribution is -2.30. The molecule has 2 aromatic carbocycles. The first kappa shape index (κ1) is 31.1. The molecule has 0 heterocycles. The second kappa shape index (κ2) is 17.5. The third-order valence-corrected chi connectivity index (χ3v) is 5.33. The number of amides is 1. The standard InChI is InChI=1S/C23H27NO2.C3H9N.C2H2.CH4O/c1-3-24(4-2)23(26)21-10-6-8-18(15-21)13-17-7-5-9-19(14-17)22-16-20(22)11-12-25;1-4(2)3;2*1-2/h5-10,12,14-15,20,22H,3-4,11,13,16H2,1-2H3;1-3H3;1-2H;2H,1H3. The zero-order valence-electron chi connectivity index (χ0n) is 21.7. The molecule has 2 atom stereocenters. The normalized spacial score (nSPS) is 15.4. The van der Waals surface area contributed by atoms with Crippen LogP contribution in [-0.4, -0.2) is 68.4 Å². The number of terminal acetylenes is 1. The van der Waals surface area contributed by atoms with Crippen LogP contribution in [0.25, 0.3) is 0 Å². The molecule has 1 N–H and O–H groups in total. The molecule has 186 valence electrons. The molecular weight excluding hydrogens is 424 g/mol. The third-order valence-electron chi connectivity index (χ3n) is 5.33. The second-order valence-corrected chi connectivity index (χ2v) is 8.45. The monoisotopic (exact) mass is 466 g/mol. The molecule has 1 aliphatic carbocycles. The van der Waals surface area contributed by atoms with Gasteiger partial charge in [0.25, 0.3) is 5.91 Å². The van der Waals surface area contributed by atoms with Gasteiger partial charge in [0.05, 0.1) is 0 Å². The molecule has 1 amide bonds. The van der Waals surface area contributed by atoms with Gasteiger partial charge in [-0.3, -0.25) is 4.79 Å². The average molecular weight is 467 g/mol. The molecular formula is C29H42N2O3. The summed E-state index contributed by atoms with van der Waals surface area (Å²) in [6.45, 7) is 5.47. The van der Waals surface area contributed by atoms with E-state index in [9.17, 15) is 9.59 Å². The van der Waals surface area contributed by atoms with Crippen LogP contribution in [0.3, 0.4) is 0 Å². The minimum absolute atomic E-state index is 0.0975. The summed E-state index contributed by atoms with van der Waals surface area (Å²) >= 11 is 0. The van der Waals surface area contributed by atoms with Crippen molar-refractivity contribution in [2.45, 2.75) is 39.0 Å². The Bertz CT molecular complexity index is 870. The van der Waals surface area contributed by atoms with Crippen molar-refractivity contribution >= 4 is 12.2 Å². The molecule has 2 unspecified atom stereocenters. The van der Waals surface area contributed by atoms with E-state index < -0.39 is 0 Å². The van der Waals surface area contributed by atoms with E-state index in [1.54, 1.807) is 0 Å². The van der Waals surface area contributed by atoms with E-state index in [4.69, 9.17) is 5.11 Å². The van der Waals surface area contributed by atoms with Gasteiger partial charge in [-0.05, 0) is 88.5 Å². The summed E-state index contributed by atoms with van der Waals surface area (Å²) in [5.41, 5.74) is 4.51. The van der Waals surface area contributed by atoms with Crippen LogP contribution in [-0.2, 0) is 11.2 Å². The van der Waals surface area contributed by atoms with Gasteiger partial charge in [-0.2, -0.15) is 0 Å². The third kappa shape index (κ3) is 10.8. The van der Waals surface area contributed by atoms with Crippen LogP contribution in [0.15, 0.2) is 48.5 Å². The number of aliphatic hydroxyl groups is 1. The zero-order chi connectivity index (χ0) is 26.1. The maximum Gasteiger partial charge on any atom is 0.253 e.